The number of hydrogen-bond acceptors (Lipinski definition) is 5. The molecule has 5 nitrogen and oxygen atoms in total. The Labute approximate surface area is 126 Å². The molecule has 2 aromatic rings. The maximum absolute atomic E-state index is 11.9. The van der Waals surface area contributed by atoms with Crippen LogP contribution >= 0.6 is 23.4 Å². The lowest BCUT2D eigenvalue weighted by Crippen LogP contribution is -2.26. The third-order valence-electron chi connectivity index (χ3n) is 2.31. The number of thioether (sulfide) groups is 1. The van der Waals surface area contributed by atoms with Crippen LogP contribution in [0.3, 0.4) is 0 Å². The third kappa shape index (κ3) is 4.45. The highest BCUT2D eigenvalue weighted by Gasteiger charge is 2.14. The van der Waals surface area contributed by atoms with Gasteiger partial charge in [0.05, 0.1) is 12.4 Å². The maximum atomic E-state index is 11.9. The van der Waals surface area contributed by atoms with Crippen LogP contribution in [0.4, 0.5) is 0 Å². The fraction of sp³-hybridized carbons (Fsp3) is 0.167. The lowest BCUT2D eigenvalue weighted by molar-refractivity contribution is 0.583. The molecule has 1 N–H and O–H groups in total. The summed E-state index contributed by atoms with van der Waals surface area (Å²) in [6.45, 7) is 0.324. The van der Waals surface area contributed by atoms with Crippen LogP contribution < -0.4 is 4.72 Å². The smallest absolute Gasteiger partial charge is 0.225 e. The molecule has 0 aliphatic rings. The van der Waals surface area contributed by atoms with Crippen molar-refractivity contribution in [2.75, 3.05) is 12.3 Å². The molecule has 0 fully saturated rings. The molecular formula is C12H12ClN3O2S2. The van der Waals surface area contributed by atoms with Crippen molar-refractivity contribution >= 4 is 33.4 Å². The summed E-state index contributed by atoms with van der Waals surface area (Å²) < 4.78 is 26.3. The summed E-state index contributed by atoms with van der Waals surface area (Å²) in [5, 5.41) is 0.0172. The van der Waals surface area contributed by atoms with E-state index in [1.54, 1.807) is 11.8 Å². The van der Waals surface area contributed by atoms with Crippen molar-refractivity contribution < 1.29 is 8.42 Å². The molecule has 0 amide bonds. The van der Waals surface area contributed by atoms with E-state index in [4.69, 9.17) is 11.6 Å². The molecule has 0 aliphatic heterocycles. The summed E-state index contributed by atoms with van der Waals surface area (Å²) >= 11 is 7.10. The van der Waals surface area contributed by atoms with E-state index in [-0.39, 0.29) is 10.2 Å². The van der Waals surface area contributed by atoms with E-state index in [1.807, 2.05) is 30.3 Å². The average Bonchev–Trinajstić information content (AvgIpc) is 2.45. The van der Waals surface area contributed by atoms with E-state index >= 15 is 0 Å². The van der Waals surface area contributed by atoms with Gasteiger partial charge in [-0.05, 0) is 23.7 Å². The van der Waals surface area contributed by atoms with E-state index in [0.717, 1.165) is 4.90 Å². The standard InChI is InChI=1S/C12H12ClN3O2S2/c13-12-14-8-11(9-15-12)20(17,18)16-6-7-19-10-4-2-1-3-5-10/h1-5,8-9,16H,6-7H2. The summed E-state index contributed by atoms with van der Waals surface area (Å²) in [6.07, 6.45) is 2.37. The average molecular weight is 330 g/mol. The van der Waals surface area contributed by atoms with Gasteiger partial charge in [0.1, 0.15) is 4.90 Å². The first kappa shape index (κ1) is 15.2. The Morgan fingerprint density at radius 3 is 2.45 bits per heavy atom. The van der Waals surface area contributed by atoms with Gasteiger partial charge in [0, 0.05) is 17.2 Å². The van der Waals surface area contributed by atoms with Gasteiger partial charge in [-0.2, -0.15) is 0 Å². The zero-order chi connectivity index (χ0) is 14.4. The number of halogens is 1. The topological polar surface area (TPSA) is 72.0 Å². The zero-order valence-corrected chi connectivity index (χ0v) is 12.7. The first-order chi connectivity index (χ1) is 9.58. The lowest BCUT2D eigenvalue weighted by atomic mass is 10.4. The van der Waals surface area contributed by atoms with Crippen LogP contribution in [0.25, 0.3) is 0 Å². The number of aromatic nitrogens is 2. The minimum absolute atomic E-state index is 0.00612. The third-order valence-corrected chi connectivity index (χ3v) is 4.94. The SMILES string of the molecule is O=S(=O)(NCCSc1ccccc1)c1cnc(Cl)nc1. The Kier molecular flexibility index (Phi) is 5.36. The summed E-state index contributed by atoms with van der Waals surface area (Å²) in [7, 11) is -3.58. The van der Waals surface area contributed by atoms with E-state index in [9.17, 15) is 8.42 Å². The molecular weight excluding hydrogens is 318 g/mol. The summed E-state index contributed by atoms with van der Waals surface area (Å²) in [6, 6.07) is 9.78. The highest BCUT2D eigenvalue weighted by molar-refractivity contribution is 7.99. The van der Waals surface area contributed by atoms with E-state index in [2.05, 4.69) is 14.7 Å². The quantitative estimate of drug-likeness (QED) is 0.500. The minimum Gasteiger partial charge on any atom is -0.225 e. The van der Waals surface area contributed by atoms with Gasteiger partial charge < -0.3 is 0 Å². The molecule has 0 spiro atoms. The van der Waals surface area contributed by atoms with Crippen LogP contribution in [0.5, 0.6) is 0 Å². The van der Waals surface area contributed by atoms with Crippen molar-refractivity contribution in [3.8, 4) is 0 Å². The summed E-state index contributed by atoms with van der Waals surface area (Å²) in [5.74, 6) is 0.637. The highest BCUT2D eigenvalue weighted by atomic mass is 35.5. The molecule has 0 atom stereocenters. The van der Waals surface area contributed by atoms with Crippen LogP contribution in [0.1, 0.15) is 0 Å². The monoisotopic (exact) mass is 329 g/mol. The Hall–Kier alpha value is -1.15. The Balaban J connectivity index is 1.85. The van der Waals surface area contributed by atoms with Crippen molar-refractivity contribution in [2.24, 2.45) is 0 Å². The Morgan fingerprint density at radius 2 is 1.80 bits per heavy atom. The molecule has 0 saturated heterocycles. The van der Waals surface area contributed by atoms with E-state index in [0.29, 0.717) is 12.3 Å². The largest absolute Gasteiger partial charge is 0.243 e. The number of hydrogen-bond donors (Lipinski definition) is 1. The van der Waals surface area contributed by atoms with E-state index in [1.165, 1.54) is 12.4 Å². The zero-order valence-electron chi connectivity index (χ0n) is 10.4. The molecule has 1 heterocycles. The molecule has 0 unspecified atom stereocenters. The molecule has 1 aromatic carbocycles. The van der Waals surface area contributed by atoms with Crippen molar-refractivity contribution in [3.05, 3.63) is 48.0 Å². The van der Waals surface area contributed by atoms with Gasteiger partial charge in [-0.1, -0.05) is 18.2 Å². The van der Waals surface area contributed by atoms with Crippen LogP contribution in [0.15, 0.2) is 52.5 Å². The first-order valence-electron chi connectivity index (χ1n) is 5.73. The second-order valence-electron chi connectivity index (χ2n) is 3.75. The molecule has 8 heteroatoms. The number of nitrogens with one attached hydrogen (secondary N) is 1. The van der Waals surface area contributed by atoms with Gasteiger partial charge in [-0.25, -0.2) is 23.1 Å². The van der Waals surface area contributed by atoms with Gasteiger partial charge in [-0.3, -0.25) is 0 Å². The van der Waals surface area contributed by atoms with Crippen LogP contribution in [-0.2, 0) is 10.0 Å². The predicted octanol–water partition coefficient (Wildman–Crippen LogP) is 2.20. The number of rotatable bonds is 6. The molecule has 0 saturated carbocycles. The predicted molar refractivity (Wildman–Crippen MR) is 79.4 cm³/mol. The molecule has 106 valence electrons. The molecule has 1 aromatic heterocycles. The fourth-order valence-electron chi connectivity index (χ4n) is 1.38. The Bertz CT molecular complexity index is 648. The molecule has 0 radical (unpaired) electrons. The van der Waals surface area contributed by atoms with Crippen LogP contribution in [0, 0.1) is 0 Å². The lowest BCUT2D eigenvalue weighted by Gasteiger charge is -2.06. The summed E-state index contributed by atoms with van der Waals surface area (Å²) in [4.78, 5) is 8.41. The van der Waals surface area contributed by atoms with E-state index < -0.39 is 10.0 Å². The fourth-order valence-corrected chi connectivity index (χ4v) is 3.32. The van der Waals surface area contributed by atoms with Crippen molar-refractivity contribution in [1.29, 1.82) is 0 Å². The maximum Gasteiger partial charge on any atom is 0.243 e. The normalized spacial score (nSPS) is 11.4. The van der Waals surface area contributed by atoms with Crippen molar-refractivity contribution in [1.82, 2.24) is 14.7 Å². The van der Waals surface area contributed by atoms with Crippen LogP contribution in [0.2, 0.25) is 5.28 Å². The van der Waals surface area contributed by atoms with Crippen molar-refractivity contribution in [2.45, 2.75) is 9.79 Å². The number of sulfonamides is 1. The second-order valence-corrected chi connectivity index (χ2v) is 7.02. The molecule has 0 aliphatic carbocycles. The second kappa shape index (κ2) is 7.03. The van der Waals surface area contributed by atoms with Crippen molar-refractivity contribution in [3.63, 3.8) is 0 Å². The molecule has 2 rings (SSSR count). The Morgan fingerprint density at radius 1 is 1.15 bits per heavy atom. The summed E-state index contributed by atoms with van der Waals surface area (Å²) in [5.41, 5.74) is 0. The van der Waals surface area contributed by atoms with Gasteiger partial charge in [-0.15, -0.1) is 11.8 Å². The van der Waals surface area contributed by atoms with Gasteiger partial charge in [0.2, 0.25) is 15.3 Å². The molecule has 0 bridgehead atoms. The van der Waals surface area contributed by atoms with Gasteiger partial charge in [0.15, 0.2) is 0 Å². The molecule has 20 heavy (non-hydrogen) atoms. The first-order valence-corrected chi connectivity index (χ1v) is 8.58. The highest BCUT2D eigenvalue weighted by Crippen LogP contribution is 2.16. The number of nitrogens with zero attached hydrogens (tertiary/aromatic N) is 2. The van der Waals surface area contributed by atoms with Crippen LogP contribution in [-0.4, -0.2) is 30.7 Å². The van der Waals surface area contributed by atoms with Gasteiger partial charge >= 0.3 is 0 Å². The number of benzene rings is 1. The minimum atomic E-state index is -3.58. The van der Waals surface area contributed by atoms with Gasteiger partial charge in [0.25, 0.3) is 0 Å².